The smallest absolute Gasteiger partial charge is 0.211 e. The molecule has 1 N–H and O–H groups in total. The molecule has 0 aliphatic heterocycles. The number of aromatic nitrogens is 2. The zero-order chi connectivity index (χ0) is 14.1. The molecule has 1 heterocycles. The summed E-state index contributed by atoms with van der Waals surface area (Å²) in [6, 6.07) is 7.81. The Morgan fingerprint density at radius 1 is 1.37 bits per heavy atom. The van der Waals surface area contributed by atoms with Gasteiger partial charge in [0.2, 0.25) is 6.41 Å². The van der Waals surface area contributed by atoms with Crippen molar-refractivity contribution in [2.24, 2.45) is 0 Å². The quantitative estimate of drug-likeness (QED) is 0.839. The van der Waals surface area contributed by atoms with Crippen molar-refractivity contribution in [3.05, 3.63) is 48.0 Å². The van der Waals surface area contributed by atoms with Gasteiger partial charge in [-0.2, -0.15) is 0 Å². The maximum atomic E-state index is 10.4. The highest BCUT2D eigenvalue weighted by molar-refractivity contribution is 5.71. The number of carbonyl (C=O) groups excluding carboxylic acids is 1. The molecule has 0 fully saturated rings. The van der Waals surface area contributed by atoms with E-state index in [0.29, 0.717) is 6.41 Å². The Morgan fingerprint density at radius 3 is 2.84 bits per heavy atom. The first-order valence-electron chi connectivity index (χ1n) is 6.61. The second-order valence-electron chi connectivity index (χ2n) is 3.83. The van der Waals surface area contributed by atoms with Gasteiger partial charge in [-0.25, -0.2) is 4.98 Å². The van der Waals surface area contributed by atoms with Crippen molar-refractivity contribution >= 4 is 12.1 Å². The lowest BCUT2D eigenvalue weighted by atomic mass is 10.2. The SMILES string of the molecule is CC.CCc1cncn1Cc1cccc(NC=O)c1. The molecule has 2 rings (SSSR count). The second-order valence-corrected chi connectivity index (χ2v) is 3.83. The van der Waals surface area contributed by atoms with Gasteiger partial charge in [0, 0.05) is 24.1 Å². The predicted molar refractivity (Wildman–Crippen MR) is 78.2 cm³/mol. The molecule has 0 radical (unpaired) electrons. The van der Waals surface area contributed by atoms with E-state index in [9.17, 15) is 4.79 Å². The van der Waals surface area contributed by atoms with Crippen molar-refractivity contribution in [1.82, 2.24) is 9.55 Å². The molecule has 0 atom stereocenters. The van der Waals surface area contributed by atoms with E-state index in [1.807, 2.05) is 50.6 Å². The topological polar surface area (TPSA) is 46.9 Å². The molecule has 0 unspecified atom stereocenters. The van der Waals surface area contributed by atoms with Crippen molar-refractivity contribution in [1.29, 1.82) is 0 Å². The summed E-state index contributed by atoms with van der Waals surface area (Å²) < 4.78 is 2.11. The van der Waals surface area contributed by atoms with Crippen molar-refractivity contribution < 1.29 is 4.79 Å². The minimum absolute atomic E-state index is 0.688. The largest absolute Gasteiger partial charge is 0.330 e. The number of nitrogens with one attached hydrogen (secondary N) is 1. The average Bonchev–Trinajstić information content (AvgIpc) is 2.89. The molecule has 1 aromatic heterocycles. The molecule has 0 aliphatic rings. The van der Waals surface area contributed by atoms with Gasteiger partial charge < -0.3 is 9.88 Å². The first-order chi connectivity index (χ1) is 9.33. The Bertz CT molecular complexity index is 506. The summed E-state index contributed by atoms with van der Waals surface area (Å²) >= 11 is 0. The number of anilines is 1. The molecule has 4 nitrogen and oxygen atoms in total. The Labute approximate surface area is 114 Å². The van der Waals surface area contributed by atoms with Gasteiger partial charge in [-0.15, -0.1) is 0 Å². The molecule has 4 heteroatoms. The monoisotopic (exact) mass is 259 g/mol. The molecule has 0 saturated heterocycles. The van der Waals surface area contributed by atoms with E-state index in [2.05, 4.69) is 21.8 Å². The first kappa shape index (κ1) is 15.0. The van der Waals surface area contributed by atoms with Crippen LogP contribution >= 0.6 is 0 Å². The van der Waals surface area contributed by atoms with Gasteiger partial charge >= 0.3 is 0 Å². The highest BCUT2D eigenvalue weighted by Gasteiger charge is 2.01. The number of amides is 1. The molecular weight excluding hydrogens is 238 g/mol. The zero-order valence-electron chi connectivity index (χ0n) is 11.8. The summed E-state index contributed by atoms with van der Waals surface area (Å²) in [6.07, 6.45) is 5.37. The van der Waals surface area contributed by atoms with E-state index in [0.717, 1.165) is 24.2 Å². The number of aryl methyl sites for hydroxylation is 1. The van der Waals surface area contributed by atoms with E-state index < -0.39 is 0 Å². The summed E-state index contributed by atoms with van der Waals surface area (Å²) in [6.45, 7) is 6.88. The normalized spacial score (nSPS) is 9.42. The number of nitrogens with zero attached hydrogens (tertiary/aromatic N) is 2. The number of benzene rings is 1. The van der Waals surface area contributed by atoms with Crippen LogP contribution in [0, 0.1) is 0 Å². The molecular formula is C15H21N3O. The molecule has 2 aromatic rings. The van der Waals surface area contributed by atoms with Gasteiger partial charge in [0.1, 0.15) is 0 Å². The Hall–Kier alpha value is -2.10. The molecule has 0 spiro atoms. The lowest BCUT2D eigenvalue weighted by molar-refractivity contribution is -0.105. The van der Waals surface area contributed by atoms with Crippen LogP contribution in [-0.2, 0) is 17.8 Å². The predicted octanol–water partition coefficient (Wildman–Crippen LogP) is 3.09. The number of hydrogen-bond acceptors (Lipinski definition) is 2. The highest BCUT2D eigenvalue weighted by Crippen LogP contribution is 2.12. The van der Waals surface area contributed by atoms with Crippen LogP contribution < -0.4 is 5.32 Å². The third-order valence-corrected chi connectivity index (χ3v) is 2.67. The minimum atomic E-state index is 0.688. The van der Waals surface area contributed by atoms with E-state index in [-0.39, 0.29) is 0 Å². The van der Waals surface area contributed by atoms with E-state index >= 15 is 0 Å². The Kier molecular flexibility index (Phi) is 6.36. The fourth-order valence-electron chi connectivity index (χ4n) is 1.81. The van der Waals surface area contributed by atoms with E-state index in [1.54, 1.807) is 0 Å². The molecule has 1 aromatic carbocycles. The van der Waals surface area contributed by atoms with Gasteiger partial charge in [-0.05, 0) is 24.1 Å². The number of hydrogen-bond donors (Lipinski definition) is 1. The van der Waals surface area contributed by atoms with Crippen LogP contribution in [0.3, 0.4) is 0 Å². The summed E-state index contributed by atoms with van der Waals surface area (Å²) in [5.74, 6) is 0. The van der Waals surface area contributed by atoms with Crippen molar-refractivity contribution in [2.75, 3.05) is 5.32 Å². The maximum Gasteiger partial charge on any atom is 0.211 e. The van der Waals surface area contributed by atoms with Crippen molar-refractivity contribution in [3.63, 3.8) is 0 Å². The van der Waals surface area contributed by atoms with E-state index in [1.165, 1.54) is 5.69 Å². The Balaban J connectivity index is 0.000000861. The number of carbonyl (C=O) groups is 1. The van der Waals surface area contributed by atoms with Gasteiger partial charge in [0.05, 0.1) is 6.33 Å². The van der Waals surface area contributed by atoms with Crippen molar-refractivity contribution in [2.45, 2.75) is 33.7 Å². The fourth-order valence-corrected chi connectivity index (χ4v) is 1.81. The van der Waals surface area contributed by atoms with Crippen LogP contribution in [0.25, 0.3) is 0 Å². The van der Waals surface area contributed by atoms with Crippen LogP contribution in [-0.4, -0.2) is 16.0 Å². The molecule has 0 saturated carbocycles. The van der Waals surface area contributed by atoms with Crippen LogP contribution in [0.1, 0.15) is 32.0 Å². The highest BCUT2D eigenvalue weighted by atomic mass is 16.1. The summed E-state index contributed by atoms with van der Waals surface area (Å²) in [5, 5.41) is 2.65. The zero-order valence-corrected chi connectivity index (χ0v) is 11.8. The third kappa shape index (κ3) is 4.25. The molecule has 19 heavy (non-hydrogen) atoms. The second kappa shape index (κ2) is 8.08. The fraction of sp³-hybridized carbons (Fsp3) is 0.333. The van der Waals surface area contributed by atoms with Crippen LogP contribution in [0.5, 0.6) is 0 Å². The standard InChI is InChI=1S/C13H15N3O.C2H6/c1-2-13-7-14-9-16(13)8-11-4-3-5-12(6-11)15-10-17;1-2/h3-7,9-10H,2,8H2,1H3,(H,15,17);1-2H3. The molecule has 1 amide bonds. The summed E-state index contributed by atoms with van der Waals surface area (Å²) in [5.41, 5.74) is 3.17. The molecule has 102 valence electrons. The summed E-state index contributed by atoms with van der Waals surface area (Å²) in [4.78, 5) is 14.5. The lowest BCUT2D eigenvalue weighted by Gasteiger charge is -2.08. The first-order valence-corrected chi connectivity index (χ1v) is 6.61. The van der Waals surface area contributed by atoms with Gasteiger partial charge in [-0.1, -0.05) is 32.9 Å². The van der Waals surface area contributed by atoms with Crippen LogP contribution in [0.4, 0.5) is 5.69 Å². The average molecular weight is 259 g/mol. The van der Waals surface area contributed by atoms with Crippen LogP contribution in [0.15, 0.2) is 36.8 Å². The Morgan fingerprint density at radius 2 is 2.16 bits per heavy atom. The molecule has 0 aliphatic carbocycles. The maximum absolute atomic E-state index is 10.4. The van der Waals surface area contributed by atoms with Crippen LogP contribution in [0.2, 0.25) is 0 Å². The molecule has 0 bridgehead atoms. The van der Waals surface area contributed by atoms with Gasteiger partial charge in [0.25, 0.3) is 0 Å². The number of rotatable bonds is 5. The van der Waals surface area contributed by atoms with Gasteiger partial charge in [-0.3, -0.25) is 4.79 Å². The lowest BCUT2D eigenvalue weighted by Crippen LogP contribution is -2.03. The van der Waals surface area contributed by atoms with Crippen molar-refractivity contribution in [3.8, 4) is 0 Å². The third-order valence-electron chi connectivity index (χ3n) is 2.67. The summed E-state index contributed by atoms with van der Waals surface area (Å²) in [7, 11) is 0. The minimum Gasteiger partial charge on any atom is -0.330 e. The number of imidazole rings is 1. The van der Waals surface area contributed by atoms with E-state index in [4.69, 9.17) is 0 Å². The van der Waals surface area contributed by atoms with Gasteiger partial charge in [0.15, 0.2) is 0 Å².